The summed E-state index contributed by atoms with van der Waals surface area (Å²) >= 11 is 0. The Balaban J connectivity index is 0.00000420. The third-order valence-corrected chi connectivity index (χ3v) is 6.41. The van der Waals surface area contributed by atoms with Crippen LogP contribution in [0.3, 0.4) is 0 Å². The van der Waals surface area contributed by atoms with E-state index in [1.807, 2.05) is 25.1 Å². The summed E-state index contributed by atoms with van der Waals surface area (Å²) < 4.78 is 22.9. The normalized spacial score (nSPS) is 19.1. The van der Waals surface area contributed by atoms with E-state index < -0.39 is 9.84 Å². The van der Waals surface area contributed by atoms with Crippen LogP contribution in [0.2, 0.25) is 0 Å². The average molecular weight is 536 g/mol. The van der Waals surface area contributed by atoms with E-state index in [2.05, 4.69) is 40.0 Å². The van der Waals surface area contributed by atoms with Crippen molar-refractivity contribution in [2.24, 2.45) is 4.99 Å². The number of benzene rings is 1. The van der Waals surface area contributed by atoms with Gasteiger partial charge in [-0.15, -0.1) is 24.0 Å². The highest BCUT2D eigenvalue weighted by Crippen LogP contribution is 2.11. The highest BCUT2D eigenvalue weighted by molar-refractivity contribution is 14.0. The van der Waals surface area contributed by atoms with Crippen molar-refractivity contribution in [3.63, 3.8) is 0 Å². The van der Waals surface area contributed by atoms with Gasteiger partial charge in [-0.3, -0.25) is 9.79 Å². The molecule has 0 aliphatic carbocycles. The van der Waals surface area contributed by atoms with Gasteiger partial charge < -0.3 is 16.0 Å². The quantitative estimate of drug-likeness (QED) is 0.254. The number of guanidine groups is 1. The van der Waals surface area contributed by atoms with Gasteiger partial charge in [0.2, 0.25) is 5.91 Å². The number of amides is 1. The van der Waals surface area contributed by atoms with Crippen LogP contribution in [-0.4, -0.2) is 57.0 Å². The Bertz CT molecular complexity index is 756. The van der Waals surface area contributed by atoms with Crippen LogP contribution < -0.4 is 16.0 Å². The molecule has 1 heterocycles. The Morgan fingerprint density at radius 3 is 2.62 bits per heavy atom. The van der Waals surface area contributed by atoms with Crippen LogP contribution in [0, 0.1) is 0 Å². The Hall–Kier alpha value is -1.36. The molecule has 1 fully saturated rings. The lowest BCUT2D eigenvalue weighted by atomic mass is 10.1. The molecule has 164 valence electrons. The molecule has 9 heteroatoms. The summed E-state index contributed by atoms with van der Waals surface area (Å²) in [5.74, 6) is 0.745. The molecule has 3 N–H and O–H groups in total. The third-order valence-electron chi connectivity index (χ3n) is 4.64. The smallest absolute Gasteiger partial charge is 0.222 e. The van der Waals surface area contributed by atoms with Crippen molar-refractivity contribution in [1.82, 2.24) is 16.0 Å². The van der Waals surface area contributed by atoms with Gasteiger partial charge in [-0.25, -0.2) is 8.42 Å². The monoisotopic (exact) mass is 536 g/mol. The number of carbonyl (C=O) groups excluding carboxylic acids is 1. The Morgan fingerprint density at radius 2 is 2.00 bits per heavy atom. The molecule has 0 aromatic heterocycles. The van der Waals surface area contributed by atoms with Gasteiger partial charge in [0.1, 0.15) is 0 Å². The molecule has 1 saturated heterocycles. The van der Waals surface area contributed by atoms with Crippen molar-refractivity contribution < 1.29 is 13.2 Å². The first kappa shape index (κ1) is 25.7. The van der Waals surface area contributed by atoms with Crippen LogP contribution in [0.15, 0.2) is 35.3 Å². The SMILES string of the molecule is CCNC(=NCCC(=O)NC1CCS(=O)(=O)C1)NC(C)CCc1ccccc1.I. The van der Waals surface area contributed by atoms with Crippen molar-refractivity contribution in [1.29, 1.82) is 0 Å². The van der Waals surface area contributed by atoms with Crippen LogP contribution in [0.1, 0.15) is 38.7 Å². The largest absolute Gasteiger partial charge is 0.357 e. The topological polar surface area (TPSA) is 99.7 Å². The van der Waals surface area contributed by atoms with Gasteiger partial charge in [0, 0.05) is 25.0 Å². The first-order valence-electron chi connectivity index (χ1n) is 9.96. The van der Waals surface area contributed by atoms with E-state index in [1.54, 1.807) is 0 Å². The average Bonchev–Trinajstić information content (AvgIpc) is 2.99. The second-order valence-corrected chi connectivity index (χ2v) is 9.48. The molecular formula is C20H33IN4O3S. The summed E-state index contributed by atoms with van der Waals surface area (Å²) in [6.07, 6.45) is 2.71. The number of aliphatic imine (C=N–C) groups is 1. The van der Waals surface area contributed by atoms with Gasteiger partial charge in [0.15, 0.2) is 15.8 Å². The minimum absolute atomic E-state index is 0. The predicted octanol–water partition coefficient (Wildman–Crippen LogP) is 1.87. The molecule has 1 aromatic carbocycles. The highest BCUT2D eigenvalue weighted by atomic mass is 127. The summed E-state index contributed by atoms with van der Waals surface area (Å²) in [5, 5.41) is 9.36. The van der Waals surface area contributed by atoms with E-state index in [9.17, 15) is 13.2 Å². The fraction of sp³-hybridized carbons (Fsp3) is 0.600. The number of hydrogen-bond acceptors (Lipinski definition) is 4. The molecule has 29 heavy (non-hydrogen) atoms. The van der Waals surface area contributed by atoms with Gasteiger partial charge in [-0.05, 0) is 38.7 Å². The zero-order chi connectivity index (χ0) is 20.4. The second-order valence-electron chi connectivity index (χ2n) is 7.25. The number of nitrogens with one attached hydrogen (secondary N) is 3. The lowest BCUT2D eigenvalue weighted by molar-refractivity contribution is -0.121. The number of carbonyl (C=O) groups is 1. The summed E-state index contributed by atoms with van der Waals surface area (Å²) in [6, 6.07) is 10.3. The van der Waals surface area contributed by atoms with Crippen molar-refractivity contribution >= 4 is 45.7 Å². The van der Waals surface area contributed by atoms with E-state index in [0.29, 0.717) is 18.9 Å². The lowest BCUT2D eigenvalue weighted by Gasteiger charge is -2.18. The number of aryl methyl sites for hydroxylation is 1. The highest BCUT2D eigenvalue weighted by Gasteiger charge is 2.28. The standard InChI is InChI=1S/C20H32N4O3S.HI/c1-3-21-20(23-16(2)9-10-17-7-5-4-6-8-17)22-13-11-19(25)24-18-12-14-28(26,27)15-18;/h4-8,16,18H,3,9-15H2,1-2H3,(H,24,25)(H2,21,22,23);1H. The van der Waals surface area contributed by atoms with E-state index in [-0.39, 0.29) is 59.9 Å². The van der Waals surface area contributed by atoms with Gasteiger partial charge >= 0.3 is 0 Å². The molecule has 2 rings (SSSR count). The number of nitrogens with zero attached hydrogens (tertiary/aromatic N) is 1. The molecule has 2 atom stereocenters. The molecule has 2 unspecified atom stereocenters. The predicted molar refractivity (Wildman–Crippen MR) is 129 cm³/mol. The number of halogens is 1. The van der Waals surface area contributed by atoms with Crippen LogP contribution in [0.5, 0.6) is 0 Å². The first-order chi connectivity index (χ1) is 13.4. The molecule has 1 aromatic rings. The van der Waals surface area contributed by atoms with Crippen molar-refractivity contribution in [3.05, 3.63) is 35.9 Å². The Labute approximate surface area is 191 Å². The molecule has 1 amide bonds. The van der Waals surface area contributed by atoms with Crippen LogP contribution in [0.4, 0.5) is 0 Å². The van der Waals surface area contributed by atoms with Gasteiger partial charge in [0.25, 0.3) is 0 Å². The van der Waals surface area contributed by atoms with Crippen molar-refractivity contribution in [2.75, 3.05) is 24.6 Å². The maximum absolute atomic E-state index is 12.0. The molecule has 7 nitrogen and oxygen atoms in total. The lowest BCUT2D eigenvalue weighted by Crippen LogP contribution is -2.42. The van der Waals surface area contributed by atoms with E-state index in [1.165, 1.54) is 5.56 Å². The van der Waals surface area contributed by atoms with Crippen molar-refractivity contribution in [3.8, 4) is 0 Å². The summed E-state index contributed by atoms with van der Waals surface area (Å²) in [4.78, 5) is 16.5. The summed E-state index contributed by atoms with van der Waals surface area (Å²) in [7, 11) is -2.98. The zero-order valence-electron chi connectivity index (χ0n) is 17.2. The minimum atomic E-state index is -2.98. The molecule has 0 spiro atoms. The van der Waals surface area contributed by atoms with Gasteiger partial charge in [-0.1, -0.05) is 30.3 Å². The first-order valence-corrected chi connectivity index (χ1v) is 11.8. The van der Waals surface area contributed by atoms with Gasteiger partial charge in [0.05, 0.1) is 18.1 Å². The molecule has 1 aliphatic heterocycles. The minimum Gasteiger partial charge on any atom is -0.357 e. The fourth-order valence-electron chi connectivity index (χ4n) is 3.13. The molecular weight excluding hydrogens is 503 g/mol. The zero-order valence-corrected chi connectivity index (χ0v) is 20.3. The number of rotatable bonds is 9. The summed E-state index contributed by atoms with van der Waals surface area (Å²) in [5.41, 5.74) is 1.31. The van der Waals surface area contributed by atoms with Crippen molar-refractivity contribution in [2.45, 2.75) is 51.6 Å². The molecule has 0 radical (unpaired) electrons. The van der Waals surface area contributed by atoms with Crippen LogP contribution in [-0.2, 0) is 21.1 Å². The van der Waals surface area contributed by atoms with E-state index in [0.717, 1.165) is 19.4 Å². The molecule has 0 bridgehead atoms. The van der Waals surface area contributed by atoms with E-state index >= 15 is 0 Å². The second kappa shape index (κ2) is 13.0. The maximum Gasteiger partial charge on any atom is 0.222 e. The number of hydrogen-bond donors (Lipinski definition) is 3. The third kappa shape index (κ3) is 10.3. The number of sulfone groups is 1. The summed E-state index contributed by atoms with van der Waals surface area (Å²) in [6.45, 7) is 5.21. The molecule has 1 aliphatic rings. The Morgan fingerprint density at radius 1 is 1.28 bits per heavy atom. The molecule has 0 saturated carbocycles. The van der Waals surface area contributed by atoms with E-state index in [4.69, 9.17) is 0 Å². The van der Waals surface area contributed by atoms with Crippen LogP contribution >= 0.6 is 24.0 Å². The van der Waals surface area contributed by atoms with Gasteiger partial charge in [-0.2, -0.15) is 0 Å². The van der Waals surface area contributed by atoms with Crippen LogP contribution in [0.25, 0.3) is 0 Å². The maximum atomic E-state index is 12.0. The fourth-order valence-corrected chi connectivity index (χ4v) is 4.80. The Kier molecular flexibility index (Phi) is 11.6.